The molecule has 1 aromatic carbocycles. The van der Waals surface area contributed by atoms with E-state index in [2.05, 4.69) is 4.98 Å². The first kappa shape index (κ1) is 14.8. The van der Waals surface area contributed by atoms with E-state index in [1.165, 1.54) is 6.20 Å². The molecule has 0 spiro atoms. The zero-order valence-corrected chi connectivity index (χ0v) is 11.5. The molecule has 5 nitrogen and oxygen atoms in total. The predicted octanol–water partition coefficient (Wildman–Crippen LogP) is 3.50. The number of hydrogen-bond acceptors (Lipinski definition) is 4. The average Bonchev–Trinajstić information content (AvgIpc) is 2.40. The van der Waals surface area contributed by atoms with Crippen LogP contribution in [0.2, 0.25) is 0 Å². The summed E-state index contributed by atoms with van der Waals surface area (Å²) in [5.41, 5.74) is -0.155. The normalized spacial score (nSPS) is 10.5. The van der Waals surface area contributed by atoms with E-state index in [0.29, 0.717) is 5.75 Å². The molecule has 1 N–H and O–H groups in total. The van der Waals surface area contributed by atoms with Crippen molar-refractivity contribution < 1.29 is 23.8 Å². The second-order valence-electron chi connectivity index (χ2n) is 4.52. The fourth-order valence-electron chi connectivity index (χ4n) is 1.66. The van der Waals surface area contributed by atoms with Crippen LogP contribution in [0.5, 0.6) is 17.4 Å². The number of carbonyl (C=O) groups is 1. The minimum Gasteiger partial charge on any atom is -0.485 e. The molecule has 1 aromatic heterocycles. The highest BCUT2D eigenvalue weighted by Gasteiger charge is 2.16. The topological polar surface area (TPSA) is 68.7 Å². The zero-order valence-electron chi connectivity index (χ0n) is 11.5. The summed E-state index contributed by atoms with van der Waals surface area (Å²) >= 11 is 0. The van der Waals surface area contributed by atoms with E-state index in [4.69, 9.17) is 14.6 Å². The molecule has 0 bridgehead atoms. The molecule has 2 rings (SSSR count). The van der Waals surface area contributed by atoms with Gasteiger partial charge in [0.15, 0.2) is 5.75 Å². The number of pyridine rings is 1. The quantitative estimate of drug-likeness (QED) is 0.913. The van der Waals surface area contributed by atoms with E-state index in [9.17, 15) is 9.18 Å². The molecule has 0 aliphatic heterocycles. The molecule has 0 atom stereocenters. The first-order valence-electron chi connectivity index (χ1n) is 6.29. The number of ether oxygens (including phenoxy) is 2. The first-order chi connectivity index (χ1) is 9.97. The first-order valence-corrected chi connectivity index (χ1v) is 6.29. The number of nitrogens with zero attached hydrogens (tertiary/aromatic N) is 1. The Bertz CT molecular complexity index is 658. The highest BCUT2D eigenvalue weighted by atomic mass is 19.1. The van der Waals surface area contributed by atoms with Crippen LogP contribution in [-0.2, 0) is 0 Å². The molecule has 0 aliphatic rings. The molecule has 0 radical (unpaired) electrons. The van der Waals surface area contributed by atoms with E-state index < -0.39 is 11.8 Å². The van der Waals surface area contributed by atoms with Gasteiger partial charge in [0.25, 0.3) is 5.88 Å². The van der Waals surface area contributed by atoms with Gasteiger partial charge in [0.05, 0.1) is 6.10 Å². The highest BCUT2D eigenvalue weighted by Crippen LogP contribution is 2.32. The van der Waals surface area contributed by atoms with Crippen molar-refractivity contribution in [3.05, 3.63) is 47.9 Å². The van der Waals surface area contributed by atoms with E-state index in [1.807, 2.05) is 13.8 Å². The molecular weight excluding hydrogens is 277 g/mol. The standard InChI is InChI=1S/C15H14FNO4/c1-9(2)20-12-4-3-7-17-14(12)21-13-8-10(16)5-6-11(13)15(18)19/h3-9H,1-2H3,(H,18,19). The number of rotatable bonds is 5. The molecule has 0 saturated heterocycles. The predicted molar refractivity (Wildman–Crippen MR) is 73.4 cm³/mol. The van der Waals surface area contributed by atoms with Crippen LogP contribution in [0.1, 0.15) is 24.2 Å². The van der Waals surface area contributed by atoms with Gasteiger partial charge in [-0.25, -0.2) is 14.2 Å². The molecule has 2 aromatic rings. The summed E-state index contributed by atoms with van der Waals surface area (Å²) in [6.45, 7) is 3.67. The molecule has 21 heavy (non-hydrogen) atoms. The molecular formula is C15H14FNO4. The van der Waals surface area contributed by atoms with Gasteiger partial charge in [-0.05, 0) is 38.1 Å². The SMILES string of the molecule is CC(C)Oc1cccnc1Oc1cc(F)ccc1C(=O)O. The van der Waals surface area contributed by atoms with Crippen LogP contribution >= 0.6 is 0 Å². The lowest BCUT2D eigenvalue weighted by Gasteiger charge is -2.14. The molecule has 0 unspecified atom stereocenters. The van der Waals surface area contributed by atoms with Crippen LogP contribution in [0.4, 0.5) is 4.39 Å². The zero-order chi connectivity index (χ0) is 15.4. The van der Waals surface area contributed by atoms with Crippen LogP contribution in [-0.4, -0.2) is 22.2 Å². The van der Waals surface area contributed by atoms with Crippen LogP contribution in [0.3, 0.4) is 0 Å². The molecule has 0 amide bonds. The van der Waals surface area contributed by atoms with Crippen LogP contribution in [0, 0.1) is 5.82 Å². The fraction of sp³-hybridized carbons (Fsp3) is 0.200. The van der Waals surface area contributed by atoms with Gasteiger partial charge in [0, 0.05) is 12.3 Å². The van der Waals surface area contributed by atoms with Crippen molar-refractivity contribution in [3.8, 4) is 17.4 Å². The van der Waals surface area contributed by atoms with E-state index in [1.54, 1.807) is 12.1 Å². The Balaban J connectivity index is 2.38. The van der Waals surface area contributed by atoms with Gasteiger partial charge in [0.2, 0.25) is 0 Å². The monoisotopic (exact) mass is 291 g/mol. The van der Waals surface area contributed by atoms with Gasteiger partial charge in [-0.2, -0.15) is 0 Å². The third-order valence-electron chi connectivity index (χ3n) is 2.48. The summed E-state index contributed by atoms with van der Waals surface area (Å²) in [6, 6.07) is 6.49. The van der Waals surface area contributed by atoms with Crippen molar-refractivity contribution in [2.24, 2.45) is 0 Å². The summed E-state index contributed by atoms with van der Waals surface area (Å²) in [7, 11) is 0. The molecule has 6 heteroatoms. The maximum absolute atomic E-state index is 13.3. The maximum Gasteiger partial charge on any atom is 0.339 e. The molecule has 110 valence electrons. The smallest absolute Gasteiger partial charge is 0.339 e. The van der Waals surface area contributed by atoms with Crippen molar-refractivity contribution in [2.45, 2.75) is 20.0 Å². The lowest BCUT2D eigenvalue weighted by Crippen LogP contribution is -2.08. The summed E-state index contributed by atoms with van der Waals surface area (Å²) in [5.74, 6) is -1.51. The minimum atomic E-state index is -1.22. The van der Waals surface area contributed by atoms with Gasteiger partial charge in [-0.15, -0.1) is 0 Å². The number of benzene rings is 1. The largest absolute Gasteiger partial charge is 0.485 e. The average molecular weight is 291 g/mol. The van der Waals surface area contributed by atoms with Crippen molar-refractivity contribution >= 4 is 5.97 Å². The highest BCUT2D eigenvalue weighted by molar-refractivity contribution is 5.90. The van der Waals surface area contributed by atoms with E-state index in [-0.39, 0.29) is 23.3 Å². The Morgan fingerprint density at radius 3 is 2.71 bits per heavy atom. The number of carboxylic acids is 1. The second-order valence-corrected chi connectivity index (χ2v) is 4.52. The van der Waals surface area contributed by atoms with Gasteiger partial charge in [0.1, 0.15) is 17.1 Å². The Hall–Kier alpha value is -2.63. The minimum absolute atomic E-state index is 0.0827. The Morgan fingerprint density at radius 1 is 1.29 bits per heavy atom. The van der Waals surface area contributed by atoms with Crippen LogP contribution in [0.15, 0.2) is 36.5 Å². The number of hydrogen-bond donors (Lipinski definition) is 1. The van der Waals surface area contributed by atoms with Crippen molar-refractivity contribution in [1.82, 2.24) is 4.98 Å². The number of aromatic nitrogens is 1. The second kappa shape index (κ2) is 6.21. The van der Waals surface area contributed by atoms with E-state index in [0.717, 1.165) is 18.2 Å². The van der Waals surface area contributed by atoms with Gasteiger partial charge in [-0.1, -0.05) is 0 Å². The Morgan fingerprint density at radius 2 is 2.05 bits per heavy atom. The molecule has 0 aliphatic carbocycles. The van der Waals surface area contributed by atoms with Crippen LogP contribution < -0.4 is 9.47 Å². The van der Waals surface area contributed by atoms with Crippen molar-refractivity contribution in [2.75, 3.05) is 0 Å². The lowest BCUT2D eigenvalue weighted by atomic mass is 10.2. The summed E-state index contributed by atoms with van der Waals surface area (Å²) < 4.78 is 24.2. The van der Waals surface area contributed by atoms with Crippen molar-refractivity contribution in [3.63, 3.8) is 0 Å². The van der Waals surface area contributed by atoms with Gasteiger partial charge in [-0.3, -0.25) is 0 Å². The summed E-state index contributed by atoms with van der Waals surface area (Å²) in [5, 5.41) is 9.10. The van der Waals surface area contributed by atoms with E-state index >= 15 is 0 Å². The molecule has 1 heterocycles. The summed E-state index contributed by atoms with van der Waals surface area (Å²) in [4.78, 5) is 15.1. The van der Waals surface area contributed by atoms with Gasteiger partial charge >= 0.3 is 5.97 Å². The summed E-state index contributed by atoms with van der Waals surface area (Å²) in [6.07, 6.45) is 1.37. The third-order valence-corrected chi connectivity index (χ3v) is 2.48. The maximum atomic E-state index is 13.3. The number of halogens is 1. The molecule has 0 saturated carbocycles. The number of carboxylic acid groups (broad SMARTS) is 1. The molecule has 0 fully saturated rings. The van der Waals surface area contributed by atoms with Crippen molar-refractivity contribution in [1.29, 1.82) is 0 Å². The van der Waals surface area contributed by atoms with Crippen LogP contribution in [0.25, 0.3) is 0 Å². The fourth-order valence-corrected chi connectivity index (χ4v) is 1.66. The number of aromatic carboxylic acids is 1. The Labute approximate surface area is 121 Å². The third kappa shape index (κ3) is 3.68. The van der Waals surface area contributed by atoms with Gasteiger partial charge < -0.3 is 14.6 Å². The lowest BCUT2D eigenvalue weighted by molar-refractivity contribution is 0.0693. The Kier molecular flexibility index (Phi) is 4.37.